The Hall–Kier alpha value is -2.35. The largest absolute Gasteiger partial charge is 0.497 e. The van der Waals surface area contributed by atoms with Crippen LogP contribution in [0.5, 0.6) is 5.75 Å². The van der Waals surface area contributed by atoms with Crippen molar-refractivity contribution in [1.82, 2.24) is 4.98 Å². The molecular weight excluding hydrogens is 411 g/mol. The van der Waals surface area contributed by atoms with Crippen LogP contribution >= 0.6 is 34.5 Å². The number of ether oxygens (including phenoxy) is 2. The van der Waals surface area contributed by atoms with Gasteiger partial charge in [0.1, 0.15) is 5.75 Å². The maximum atomic E-state index is 12.0. The van der Waals surface area contributed by atoms with Crippen molar-refractivity contribution in [3.8, 4) is 5.75 Å². The van der Waals surface area contributed by atoms with E-state index in [4.69, 9.17) is 32.7 Å². The minimum absolute atomic E-state index is 0.0514. The lowest BCUT2D eigenvalue weighted by atomic mass is 10.1. The number of carbonyl (C=O) groups excluding carboxylic acids is 2. The maximum Gasteiger partial charge on any atom is 0.310 e. The highest BCUT2D eigenvalue weighted by atomic mass is 35.5. The van der Waals surface area contributed by atoms with Crippen LogP contribution in [0.15, 0.2) is 36.4 Å². The van der Waals surface area contributed by atoms with Crippen LogP contribution in [0.4, 0.5) is 5.13 Å². The number of rotatable bonds is 6. The van der Waals surface area contributed by atoms with Crippen LogP contribution < -0.4 is 10.1 Å². The molecule has 1 amide bonds. The zero-order valence-corrected chi connectivity index (χ0v) is 16.5. The fourth-order valence-corrected chi connectivity index (χ4v) is 3.64. The first-order chi connectivity index (χ1) is 12.9. The summed E-state index contributed by atoms with van der Waals surface area (Å²) in [6, 6.07) is 10.2. The van der Waals surface area contributed by atoms with Crippen LogP contribution in [-0.2, 0) is 20.7 Å². The fourth-order valence-electron chi connectivity index (χ4n) is 2.26. The lowest BCUT2D eigenvalue weighted by molar-refractivity contribution is -0.146. The Morgan fingerprint density at radius 1 is 1.19 bits per heavy atom. The van der Waals surface area contributed by atoms with Gasteiger partial charge in [-0.05, 0) is 35.9 Å². The molecule has 2 aromatic carbocycles. The molecular formula is C18H14Cl2N2O4S. The van der Waals surface area contributed by atoms with E-state index in [9.17, 15) is 9.59 Å². The van der Waals surface area contributed by atoms with Crippen molar-refractivity contribution in [3.05, 3.63) is 52.0 Å². The highest BCUT2D eigenvalue weighted by Gasteiger charge is 2.13. The van der Waals surface area contributed by atoms with Gasteiger partial charge in [0.05, 0.1) is 23.7 Å². The second-order valence-electron chi connectivity index (χ2n) is 5.47. The molecule has 0 bridgehead atoms. The molecule has 27 heavy (non-hydrogen) atoms. The van der Waals surface area contributed by atoms with Gasteiger partial charge >= 0.3 is 5.97 Å². The molecule has 140 valence electrons. The van der Waals surface area contributed by atoms with Crippen LogP contribution in [0, 0.1) is 0 Å². The molecule has 0 spiro atoms. The van der Waals surface area contributed by atoms with Crippen molar-refractivity contribution in [1.29, 1.82) is 0 Å². The lowest BCUT2D eigenvalue weighted by Crippen LogP contribution is -2.21. The number of fused-ring (bicyclic) bond motifs is 1. The average Bonchev–Trinajstić information content (AvgIpc) is 3.03. The fraction of sp³-hybridized carbons (Fsp3) is 0.167. The van der Waals surface area contributed by atoms with Gasteiger partial charge in [-0.3, -0.25) is 14.9 Å². The molecule has 3 aromatic rings. The number of amides is 1. The smallest absolute Gasteiger partial charge is 0.310 e. The van der Waals surface area contributed by atoms with Crippen molar-refractivity contribution in [2.24, 2.45) is 0 Å². The zero-order chi connectivity index (χ0) is 19.4. The molecule has 9 heteroatoms. The summed E-state index contributed by atoms with van der Waals surface area (Å²) in [6.07, 6.45) is -0.0514. The molecule has 6 nitrogen and oxygen atoms in total. The molecule has 0 aliphatic carbocycles. The van der Waals surface area contributed by atoms with Gasteiger partial charge in [-0.15, -0.1) is 0 Å². The lowest BCUT2D eigenvalue weighted by Gasteiger charge is -2.06. The number of carbonyl (C=O) groups is 2. The predicted octanol–water partition coefficient (Wildman–Crippen LogP) is 4.34. The second-order valence-corrected chi connectivity index (χ2v) is 7.35. The van der Waals surface area contributed by atoms with Crippen molar-refractivity contribution in [3.63, 3.8) is 0 Å². The van der Waals surface area contributed by atoms with E-state index in [2.05, 4.69) is 10.3 Å². The molecule has 1 N–H and O–H groups in total. The Morgan fingerprint density at radius 3 is 2.74 bits per heavy atom. The van der Waals surface area contributed by atoms with Gasteiger partial charge in [-0.25, -0.2) is 4.98 Å². The molecule has 0 aliphatic rings. The number of halogens is 2. The number of nitrogens with zero attached hydrogens (tertiary/aromatic N) is 1. The summed E-state index contributed by atoms with van der Waals surface area (Å²) < 4.78 is 11.0. The molecule has 1 aromatic heterocycles. The van der Waals surface area contributed by atoms with Gasteiger partial charge in [0, 0.05) is 10.0 Å². The first kappa shape index (κ1) is 19.4. The third-order valence-electron chi connectivity index (χ3n) is 3.56. The topological polar surface area (TPSA) is 77.5 Å². The number of anilines is 1. The number of benzene rings is 2. The number of methoxy groups -OCH3 is 1. The monoisotopic (exact) mass is 424 g/mol. The summed E-state index contributed by atoms with van der Waals surface area (Å²) >= 11 is 13.1. The van der Waals surface area contributed by atoms with Crippen LogP contribution in [0.3, 0.4) is 0 Å². The molecule has 0 saturated heterocycles. The zero-order valence-electron chi connectivity index (χ0n) is 14.1. The summed E-state index contributed by atoms with van der Waals surface area (Å²) in [5.41, 5.74) is 1.32. The second kappa shape index (κ2) is 8.56. The van der Waals surface area contributed by atoms with E-state index in [-0.39, 0.29) is 6.42 Å². The Bertz CT molecular complexity index is 1010. The summed E-state index contributed by atoms with van der Waals surface area (Å²) in [5, 5.41) is 3.88. The van der Waals surface area contributed by atoms with Gasteiger partial charge in [-0.1, -0.05) is 40.6 Å². The Labute approximate surface area is 169 Å². The van der Waals surface area contributed by atoms with E-state index >= 15 is 0 Å². The summed E-state index contributed by atoms with van der Waals surface area (Å²) in [5.74, 6) is -0.334. The third kappa shape index (κ3) is 5.09. The van der Waals surface area contributed by atoms with E-state index in [0.29, 0.717) is 26.5 Å². The molecule has 0 radical (unpaired) electrons. The summed E-state index contributed by atoms with van der Waals surface area (Å²) in [7, 11) is 1.58. The first-order valence-electron chi connectivity index (χ1n) is 7.78. The highest BCUT2D eigenvalue weighted by molar-refractivity contribution is 7.22. The first-order valence-corrected chi connectivity index (χ1v) is 9.36. The number of hydrogen-bond acceptors (Lipinski definition) is 6. The molecule has 0 saturated carbocycles. The third-order valence-corrected chi connectivity index (χ3v) is 5.08. The number of nitrogens with one attached hydrogen (secondary N) is 1. The van der Waals surface area contributed by atoms with Crippen molar-refractivity contribution < 1.29 is 19.1 Å². The van der Waals surface area contributed by atoms with Crippen molar-refractivity contribution >= 4 is 61.8 Å². The molecule has 0 unspecified atom stereocenters. The van der Waals surface area contributed by atoms with Crippen LogP contribution in [0.2, 0.25) is 10.0 Å². The Balaban J connectivity index is 1.54. The summed E-state index contributed by atoms with van der Waals surface area (Å²) in [4.78, 5) is 28.2. The molecule has 1 heterocycles. The maximum absolute atomic E-state index is 12.0. The Morgan fingerprint density at radius 2 is 2.00 bits per heavy atom. The quantitative estimate of drug-likeness (QED) is 0.595. The number of hydrogen-bond donors (Lipinski definition) is 1. The van der Waals surface area contributed by atoms with E-state index in [0.717, 1.165) is 10.2 Å². The van der Waals surface area contributed by atoms with E-state index in [1.165, 1.54) is 11.3 Å². The van der Waals surface area contributed by atoms with Gasteiger partial charge in [-0.2, -0.15) is 0 Å². The van der Waals surface area contributed by atoms with E-state index in [1.54, 1.807) is 37.4 Å². The minimum Gasteiger partial charge on any atom is -0.497 e. The number of esters is 1. The van der Waals surface area contributed by atoms with Gasteiger partial charge < -0.3 is 9.47 Å². The molecule has 3 rings (SSSR count). The number of aromatic nitrogens is 1. The number of thiazole rings is 1. The predicted molar refractivity (Wildman–Crippen MR) is 106 cm³/mol. The van der Waals surface area contributed by atoms with Crippen LogP contribution in [-0.4, -0.2) is 30.6 Å². The van der Waals surface area contributed by atoms with Gasteiger partial charge in [0.15, 0.2) is 11.7 Å². The van der Waals surface area contributed by atoms with Gasteiger partial charge in [0.25, 0.3) is 5.91 Å². The molecule has 0 fully saturated rings. The summed E-state index contributed by atoms with van der Waals surface area (Å²) in [6.45, 7) is -0.413. The van der Waals surface area contributed by atoms with Crippen molar-refractivity contribution in [2.75, 3.05) is 19.0 Å². The standard InChI is InChI=1S/C18H14Cl2N2O4S/c1-25-12-4-5-14-15(8-12)27-18(21-14)22-16(23)9-26-17(24)6-10-2-3-11(19)7-13(10)20/h2-5,7-8H,6,9H2,1H3,(H,21,22,23). The van der Waals surface area contributed by atoms with E-state index in [1.807, 2.05) is 6.07 Å². The van der Waals surface area contributed by atoms with Crippen LogP contribution in [0.1, 0.15) is 5.56 Å². The van der Waals surface area contributed by atoms with Gasteiger partial charge in [0.2, 0.25) is 0 Å². The SMILES string of the molecule is COc1ccc2nc(NC(=O)COC(=O)Cc3ccc(Cl)cc3Cl)sc2c1. The van der Waals surface area contributed by atoms with Crippen LogP contribution in [0.25, 0.3) is 10.2 Å². The Kier molecular flexibility index (Phi) is 6.15. The minimum atomic E-state index is -0.566. The highest BCUT2D eigenvalue weighted by Crippen LogP contribution is 2.29. The van der Waals surface area contributed by atoms with E-state index < -0.39 is 18.5 Å². The normalized spacial score (nSPS) is 10.6. The van der Waals surface area contributed by atoms with Crippen molar-refractivity contribution in [2.45, 2.75) is 6.42 Å². The molecule has 0 aliphatic heterocycles. The average molecular weight is 425 g/mol. The molecule has 0 atom stereocenters.